The maximum absolute atomic E-state index is 12.0. The Hall–Kier alpha value is -2.89. The zero-order valence-electron chi connectivity index (χ0n) is 10.4. The number of nitrogens with zero attached hydrogens (tertiary/aromatic N) is 1. The van der Waals surface area contributed by atoms with Gasteiger partial charge in [-0.15, -0.1) is 0 Å². The van der Waals surface area contributed by atoms with E-state index in [9.17, 15) is 9.59 Å². The second-order valence-corrected chi connectivity index (χ2v) is 4.23. The number of benzene rings is 1. The number of hydrogen-bond donors (Lipinski definition) is 2. The van der Waals surface area contributed by atoms with Gasteiger partial charge in [0.05, 0.1) is 17.8 Å². The van der Waals surface area contributed by atoms with Crippen LogP contribution in [0.3, 0.4) is 0 Å². The van der Waals surface area contributed by atoms with Gasteiger partial charge in [-0.05, 0) is 30.3 Å². The van der Waals surface area contributed by atoms with Crippen molar-refractivity contribution in [2.24, 2.45) is 0 Å². The molecular formula is C14H11N3O3. The molecule has 0 spiro atoms. The summed E-state index contributed by atoms with van der Waals surface area (Å²) in [5.41, 5.74) is 2.13. The second kappa shape index (κ2) is 5.00. The summed E-state index contributed by atoms with van der Waals surface area (Å²) < 4.78 is 4.92. The molecule has 2 aromatic heterocycles. The Morgan fingerprint density at radius 2 is 2.20 bits per heavy atom. The van der Waals surface area contributed by atoms with Gasteiger partial charge in [-0.2, -0.15) is 0 Å². The quantitative estimate of drug-likeness (QED) is 0.753. The fourth-order valence-electron chi connectivity index (χ4n) is 1.86. The first-order valence-corrected chi connectivity index (χ1v) is 6.03. The molecule has 0 bridgehead atoms. The van der Waals surface area contributed by atoms with Gasteiger partial charge < -0.3 is 9.73 Å². The van der Waals surface area contributed by atoms with Crippen LogP contribution in [-0.4, -0.2) is 15.9 Å². The Kier molecular flexibility index (Phi) is 3.04. The van der Waals surface area contributed by atoms with Crippen LogP contribution >= 0.6 is 0 Å². The minimum absolute atomic E-state index is 0.249. The number of oxazole rings is 1. The van der Waals surface area contributed by atoms with Crippen molar-refractivity contribution in [1.82, 2.24) is 15.3 Å². The zero-order chi connectivity index (χ0) is 13.9. The fraction of sp³-hybridized carbons (Fsp3) is 0.0714. The molecule has 2 heterocycles. The number of H-pyrrole nitrogens is 1. The molecular weight excluding hydrogens is 258 g/mol. The fourth-order valence-corrected chi connectivity index (χ4v) is 1.86. The summed E-state index contributed by atoms with van der Waals surface area (Å²) in [6.07, 6.45) is 1.67. The number of fused-ring (bicyclic) bond motifs is 1. The highest BCUT2D eigenvalue weighted by Crippen LogP contribution is 2.12. The van der Waals surface area contributed by atoms with Crippen molar-refractivity contribution in [1.29, 1.82) is 0 Å². The van der Waals surface area contributed by atoms with Crippen molar-refractivity contribution in [3.63, 3.8) is 0 Å². The lowest BCUT2D eigenvalue weighted by atomic mass is 10.2. The van der Waals surface area contributed by atoms with Gasteiger partial charge >= 0.3 is 5.76 Å². The van der Waals surface area contributed by atoms with Crippen LogP contribution < -0.4 is 11.1 Å². The van der Waals surface area contributed by atoms with Crippen molar-refractivity contribution in [3.8, 4) is 0 Å². The second-order valence-electron chi connectivity index (χ2n) is 4.23. The number of amides is 1. The van der Waals surface area contributed by atoms with Crippen LogP contribution in [0.25, 0.3) is 11.1 Å². The SMILES string of the molecule is O=C(NCc1ccccn1)c1ccc2[nH]c(=O)oc2c1. The lowest BCUT2D eigenvalue weighted by Crippen LogP contribution is -2.23. The molecule has 0 atom stereocenters. The summed E-state index contributed by atoms with van der Waals surface area (Å²) in [4.78, 5) is 29.7. The standard InChI is InChI=1S/C14H11N3O3/c18-13(16-8-10-3-1-2-6-15-10)9-4-5-11-12(7-9)20-14(19)17-11/h1-7H,8H2,(H,16,18)(H,17,19). The Balaban J connectivity index is 1.76. The number of aromatic amines is 1. The van der Waals surface area contributed by atoms with E-state index in [1.54, 1.807) is 18.3 Å². The van der Waals surface area contributed by atoms with Gasteiger partial charge in [0, 0.05) is 11.8 Å². The Morgan fingerprint density at radius 1 is 1.30 bits per heavy atom. The maximum Gasteiger partial charge on any atom is 0.417 e. The van der Waals surface area contributed by atoms with Gasteiger partial charge in [0.15, 0.2) is 5.58 Å². The van der Waals surface area contributed by atoms with Crippen LogP contribution in [-0.2, 0) is 6.54 Å². The van der Waals surface area contributed by atoms with Crippen molar-refractivity contribution in [3.05, 3.63) is 64.4 Å². The average molecular weight is 269 g/mol. The number of hydrogen-bond acceptors (Lipinski definition) is 4. The Labute approximate surface area is 113 Å². The number of rotatable bonds is 3. The number of pyridine rings is 1. The minimum Gasteiger partial charge on any atom is -0.408 e. The van der Waals surface area contributed by atoms with Crippen LogP contribution in [0, 0.1) is 0 Å². The predicted molar refractivity (Wildman–Crippen MR) is 72.2 cm³/mol. The van der Waals surface area contributed by atoms with E-state index in [1.165, 1.54) is 6.07 Å². The van der Waals surface area contributed by atoms with Gasteiger partial charge in [0.25, 0.3) is 5.91 Å². The molecule has 3 rings (SSSR count). The molecule has 0 radical (unpaired) electrons. The van der Waals surface area contributed by atoms with E-state index >= 15 is 0 Å². The summed E-state index contributed by atoms with van der Waals surface area (Å²) in [6.45, 7) is 0.342. The molecule has 0 aliphatic rings. The van der Waals surface area contributed by atoms with E-state index < -0.39 is 5.76 Å². The molecule has 0 saturated carbocycles. The molecule has 20 heavy (non-hydrogen) atoms. The molecule has 0 unspecified atom stereocenters. The van der Waals surface area contributed by atoms with Crippen LogP contribution in [0.1, 0.15) is 16.1 Å². The molecule has 0 aliphatic heterocycles. The third-order valence-electron chi connectivity index (χ3n) is 2.84. The molecule has 0 saturated heterocycles. The lowest BCUT2D eigenvalue weighted by Gasteiger charge is -2.04. The normalized spacial score (nSPS) is 10.6. The lowest BCUT2D eigenvalue weighted by molar-refractivity contribution is 0.0950. The topological polar surface area (TPSA) is 88.0 Å². The monoisotopic (exact) mass is 269 g/mol. The summed E-state index contributed by atoms with van der Waals surface area (Å²) in [5, 5.41) is 2.76. The first-order chi connectivity index (χ1) is 9.72. The largest absolute Gasteiger partial charge is 0.417 e. The molecule has 6 nitrogen and oxygen atoms in total. The van der Waals surface area contributed by atoms with Crippen LogP contribution in [0.2, 0.25) is 0 Å². The van der Waals surface area contributed by atoms with E-state index in [0.29, 0.717) is 23.2 Å². The first kappa shape index (κ1) is 12.2. The minimum atomic E-state index is -0.536. The molecule has 1 amide bonds. The van der Waals surface area contributed by atoms with Crippen LogP contribution in [0.5, 0.6) is 0 Å². The highest BCUT2D eigenvalue weighted by Gasteiger charge is 2.08. The summed E-state index contributed by atoms with van der Waals surface area (Å²) in [6, 6.07) is 10.3. The first-order valence-electron chi connectivity index (χ1n) is 6.03. The highest BCUT2D eigenvalue weighted by molar-refractivity contribution is 5.96. The smallest absolute Gasteiger partial charge is 0.408 e. The number of carbonyl (C=O) groups excluding carboxylic acids is 1. The molecule has 6 heteroatoms. The third kappa shape index (κ3) is 2.44. The van der Waals surface area contributed by atoms with Crippen molar-refractivity contribution in [2.75, 3.05) is 0 Å². The highest BCUT2D eigenvalue weighted by atomic mass is 16.4. The Morgan fingerprint density at radius 3 is 3.00 bits per heavy atom. The summed E-state index contributed by atoms with van der Waals surface area (Å²) in [5.74, 6) is -0.785. The molecule has 1 aromatic carbocycles. The number of aromatic nitrogens is 2. The molecule has 0 aliphatic carbocycles. The predicted octanol–water partition coefficient (Wildman–Crippen LogP) is 1.45. The zero-order valence-corrected chi connectivity index (χ0v) is 10.4. The van der Waals surface area contributed by atoms with Crippen LogP contribution in [0.4, 0.5) is 0 Å². The average Bonchev–Trinajstić information content (AvgIpc) is 2.85. The molecule has 0 fully saturated rings. The molecule has 3 aromatic rings. The number of carbonyl (C=O) groups is 1. The van der Waals surface area contributed by atoms with Gasteiger partial charge in [-0.1, -0.05) is 6.07 Å². The van der Waals surface area contributed by atoms with Crippen molar-refractivity contribution < 1.29 is 9.21 Å². The van der Waals surface area contributed by atoms with Crippen LogP contribution in [0.15, 0.2) is 51.8 Å². The van der Waals surface area contributed by atoms with Crippen molar-refractivity contribution >= 4 is 17.0 Å². The van der Waals surface area contributed by atoms with E-state index in [4.69, 9.17) is 4.42 Å². The summed E-state index contributed by atoms with van der Waals surface area (Å²) in [7, 11) is 0. The van der Waals surface area contributed by atoms with Gasteiger partial charge in [0.1, 0.15) is 0 Å². The molecule has 100 valence electrons. The van der Waals surface area contributed by atoms with E-state index in [-0.39, 0.29) is 5.91 Å². The van der Waals surface area contributed by atoms with E-state index in [1.807, 2.05) is 18.2 Å². The van der Waals surface area contributed by atoms with Gasteiger partial charge in [-0.3, -0.25) is 14.8 Å². The summed E-state index contributed by atoms with van der Waals surface area (Å²) >= 11 is 0. The third-order valence-corrected chi connectivity index (χ3v) is 2.84. The number of nitrogens with one attached hydrogen (secondary N) is 2. The Bertz CT molecular complexity index is 805. The van der Waals surface area contributed by atoms with Crippen molar-refractivity contribution in [2.45, 2.75) is 6.54 Å². The molecule has 2 N–H and O–H groups in total. The van der Waals surface area contributed by atoms with E-state index in [2.05, 4.69) is 15.3 Å². The van der Waals surface area contributed by atoms with E-state index in [0.717, 1.165) is 5.69 Å². The van der Waals surface area contributed by atoms with Gasteiger partial charge in [0.2, 0.25) is 0 Å². The maximum atomic E-state index is 12.0. The van der Waals surface area contributed by atoms with Gasteiger partial charge in [-0.25, -0.2) is 4.79 Å².